The van der Waals surface area contributed by atoms with Crippen LogP contribution in [0.1, 0.15) is 35.6 Å². The molecule has 1 aliphatic rings. The normalized spacial score (nSPS) is 17.9. The number of guanidine groups is 1. The highest BCUT2D eigenvalue weighted by atomic mass is 15.2. The average molecular weight is 348 g/mol. The van der Waals surface area contributed by atoms with E-state index in [-0.39, 0.29) is 6.17 Å². The molecular weight excluding hydrogens is 320 g/mol. The molecule has 2 unspecified atom stereocenters. The minimum Gasteiger partial charge on any atom is -0.370 e. The van der Waals surface area contributed by atoms with E-state index >= 15 is 0 Å². The number of aliphatic imine (C=N–C) groups is 1. The van der Waals surface area contributed by atoms with Crippen LogP contribution in [0.3, 0.4) is 0 Å². The van der Waals surface area contributed by atoms with Gasteiger partial charge in [-0.05, 0) is 56.4 Å². The molecule has 0 fully saturated rings. The summed E-state index contributed by atoms with van der Waals surface area (Å²) >= 11 is 0. The standard InChI is InChI=1S/C22H28N4/c1-15-8-7-11-19(17(15)3)20-14-21(26-22(23)25-20)24-16(2)12-13-18-9-5-4-6-10-18/h4-11,14,16,21,24H,12-13H2,1-3H3,(H3,23,25,26). The highest BCUT2D eigenvalue weighted by molar-refractivity contribution is 5.90. The van der Waals surface area contributed by atoms with Crippen molar-refractivity contribution in [3.05, 3.63) is 76.9 Å². The quantitative estimate of drug-likeness (QED) is 0.749. The van der Waals surface area contributed by atoms with E-state index in [2.05, 4.69) is 91.0 Å². The Kier molecular flexibility index (Phi) is 5.74. The summed E-state index contributed by atoms with van der Waals surface area (Å²) in [7, 11) is 0. The zero-order valence-electron chi connectivity index (χ0n) is 15.8. The first-order valence-corrected chi connectivity index (χ1v) is 9.21. The SMILES string of the molecule is Cc1cccc(C2=CC(NC(C)CCc3ccccc3)N=C(N)N2)c1C. The molecule has 26 heavy (non-hydrogen) atoms. The summed E-state index contributed by atoms with van der Waals surface area (Å²) in [5.41, 5.74) is 12.1. The Bertz CT molecular complexity index is 808. The number of hydrogen-bond acceptors (Lipinski definition) is 4. The van der Waals surface area contributed by atoms with E-state index in [0.29, 0.717) is 12.0 Å². The molecule has 2 aromatic rings. The zero-order chi connectivity index (χ0) is 18.5. The fourth-order valence-electron chi connectivity index (χ4n) is 3.24. The van der Waals surface area contributed by atoms with Crippen molar-refractivity contribution in [3.8, 4) is 0 Å². The third kappa shape index (κ3) is 4.52. The molecule has 0 saturated heterocycles. The Morgan fingerprint density at radius 3 is 2.65 bits per heavy atom. The first-order valence-electron chi connectivity index (χ1n) is 9.21. The van der Waals surface area contributed by atoms with Crippen molar-refractivity contribution >= 4 is 11.7 Å². The topological polar surface area (TPSA) is 62.4 Å². The summed E-state index contributed by atoms with van der Waals surface area (Å²) in [4.78, 5) is 4.50. The fraction of sp³-hybridized carbons (Fsp3) is 0.318. The molecule has 0 bridgehead atoms. The molecule has 136 valence electrons. The van der Waals surface area contributed by atoms with E-state index in [0.717, 1.165) is 18.5 Å². The predicted octanol–water partition coefficient (Wildman–Crippen LogP) is 3.50. The van der Waals surface area contributed by atoms with Crippen LogP contribution in [-0.4, -0.2) is 18.2 Å². The van der Waals surface area contributed by atoms with Gasteiger partial charge in [-0.1, -0.05) is 48.5 Å². The Labute approximate surface area is 156 Å². The molecular formula is C22H28N4. The van der Waals surface area contributed by atoms with Crippen molar-refractivity contribution in [2.45, 2.75) is 45.8 Å². The van der Waals surface area contributed by atoms with Gasteiger partial charge in [0.2, 0.25) is 0 Å². The van der Waals surface area contributed by atoms with Gasteiger partial charge in [0.05, 0.1) is 0 Å². The Hall–Kier alpha value is -2.59. The number of nitrogens with one attached hydrogen (secondary N) is 2. The lowest BCUT2D eigenvalue weighted by atomic mass is 10.00. The maximum Gasteiger partial charge on any atom is 0.195 e. The van der Waals surface area contributed by atoms with Gasteiger partial charge in [0.1, 0.15) is 6.17 Å². The van der Waals surface area contributed by atoms with Gasteiger partial charge < -0.3 is 11.1 Å². The lowest BCUT2D eigenvalue weighted by molar-refractivity contribution is 0.477. The van der Waals surface area contributed by atoms with Gasteiger partial charge in [0, 0.05) is 17.3 Å². The smallest absolute Gasteiger partial charge is 0.195 e. The monoisotopic (exact) mass is 348 g/mol. The van der Waals surface area contributed by atoms with Gasteiger partial charge in [0.25, 0.3) is 0 Å². The number of hydrogen-bond donors (Lipinski definition) is 3. The van der Waals surface area contributed by atoms with E-state index in [9.17, 15) is 0 Å². The van der Waals surface area contributed by atoms with E-state index in [1.807, 2.05) is 0 Å². The predicted molar refractivity (Wildman–Crippen MR) is 110 cm³/mol. The fourth-order valence-corrected chi connectivity index (χ4v) is 3.24. The minimum absolute atomic E-state index is 0.114. The second kappa shape index (κ2) is 8.19. The largest absolute Gasteiger partial charge is 0.370 e. The van der Waals surface area contributed by atoms with Crippen molar-refractivity contribution in [2.75, 3.05) is 0 Å². The summed E-state index contributed by atoms with van der Waals surface area (Å²) < 4.78 is 0. The zero-order valence-corrected chi connectivity index (χ0v) is 15.8. The number of rotatable bonds is 6. The van der Waals surface area contributed by atoms with Crippen molar-refractivity contribution in [1.82, 2.24) is 10.6 Å². The minimum atomic E-state index is -0.114. The van der Waals surface area contributed by atoms with E-state index in [1.165, 1.54) is 22.3 Å². The third-order valence-corrected chi connectivity index (χ3v) is 4.92. The van der Waals surface area contributed by atoms with Crippen molar-refractivity contribution in [2.24, 2.45) is 10.7 Å². The second-order valence-corrected chi connectivity index (χ2v) is 7.00. The van der Waals surface area contributed by atoms with Crippen LogP contribution in [-0.2, 0) is 6.42 Å². The number of benzene rings is 2. The van der Waals surface area contributed by atoms with Gasteiger partial charge >= 0.3 is 0 Å². The van der Waals surface area contributed by atoms with Crippen LogP contribution in [0.5, 0.6) is 0 Å². The Morgan fingerprint density at radius 1 is 1.12 bits per heavy atom. The van der Waals surface area contributed by atoms with Crippen LogP contribution in [0.4, 0.5) is 0 Å². The molecule has 0 saturated carbocycles. The highest BCUT2D eigenvalue weighted by Gasteiger charge is 2.17. The van der Waals surface area contributed by atoms with Crippen LogP contribution in [0.2, 0.25) is 0 Å². The van der Waals surface area contributed by atoms with Crippen molar-refractivity contribution in [1.29, 1.82) is 0 Å². The molecule has 4 nitrogen and oxygen atoms in total. The molecule has 0 aliphatic carbocycles. The molecule has 1 aliphatic heterocycles. The Morgan fingerprint density at radius 2 is 1.88 bits per heavy atom. The van der Waals surface area contributed by atoms with Crippen molar-refractivity contribution < 1.29 is 0 Å². The first kappa shape index (κ1) is 18.2. The van der Waals surface area contributed by atoms with Crippen LogP contribution in [0, 0.1) is 13.8 Å². The van der Waals surface area contributed by atoms with E-state index in [1.54, 1.807) is 0 Å². The molecule has 0 radical (unpaired) electrons. The molecule has 4 N–H and O–H groups in total. The van der Waals surface area contributed by atoms with E-state index < -0.39 is 0 Å². The molecule has 0 spiro atoms. The summed E-state index contributed by atoms with van der Waals surface area (Å²) in [5, 5.41) is 6.78. The molecule has 3 rings (SSSR count). The third-order valence-electron chi connectivity index (χ3n) is 4.92. The molecule has 0 amide bonds. The lowest BCUT2D eigenvalue weighted by Crippen LogP contribution is -2.42. The van der Waals surface area contributed by atoms with Gasteiger partial charge in [-0.25, -0.2) is 4.99 Å². The number of nitrogens with zero attached hydrogens (tertiary/aromatic N) is 1. The van der Waals surface area contributed by atoms with Crippen LogP contribution in [0.15, 0.2) is 59.6 Å². The summed E-state index contributed by atoms with van der Waals surface area (Å²) in [6.45, 7) is 6.46. The molecule has 1 heterocycles. The first-order chi connectivity index (χ1) is 12.5. The lowest BCUT2D eigenvalue weighted by Gasteiger charge is -2.25. The number of aryl methyl sites for hydroxylation is 2. The van der Waals surface area contributed by atoms with Crippen LogP contribution < -0.4 is 16.4 Å². The molecule has 2 atom stereocenters. The highest BCUT2D eigenvalue weighted by Crippen LogP contribution is 2.22. The summed E-state index contributed by atoms with van der Waals surface area (Å²) in [6.07, 6.45) is 4.11. The summed E-state index contributed by atoms with van der Waals surface area (Å²) in [6, 6.07) is 17.2. The molecule has 4 heteroatoms. The molecule has 0 aromatic heterocycles. The van der Waals surface area contributed by atoms with Gasteiger partial charge in [-0.3, -0.25) is 5.32 Å². The van der Waals surface area contributed by atoms with E-state index in [4.69, 9.17) is 5.73 Å². The van der Waals surface area contributed by atoms with Crippen LogP contribution >= 0.6 is 0 Å². The van der Waals surface area contributed by atoms with Gasteiger partial charge in [0.15, 0.2) is 5.96 Å². The van der Waals surface area contributed by atoms with Gasteiger partial charge in [-0.15, -0.1) is 0 Å². The van der Waals surface area contributed by atoms with Gasteiger partial charge in [-0.2, -0.15) is 0 Å². The maximum absolute atomic E-state index is 6.04. The van der Waals surface area contributed by atoms with Crippen molar-refractivity contribution in [3.63, 3.8) is 0 Å². The number of nitrogens with two attached hydrogens (primary N) is 1. The Balaban J connectivity index is 1.67. The second-order valence-electron chi connectivity index (χ2n) is 7.00. The van der Waals surface area contributed by atoms with Crippen LogP contribution in [0.25, 0.3) is 5.70 Å². The maximum atomic E-state index is 6.04. The average Bonchev–Trinajstić information content (AvgIpc) is 2.62. The molecule has 2 aromatic carbocycles. The summed E-state index contributed by atoms with van der Waals surface area (Å²) in [5.74, 6) is 0.455.